The molecule has 0 radical (unpaired) electrons. The Balaban J connectivity index is 4.21. The minimum atomic E-state index is -1.02. The maximum atomic E-state index is 5.69. The Kier molecular flexibility index (Phi) is 8.57. The summed E-state index contributed by atoms with van der Waals surface area (Å²) in [6, 6.07) is 1.17. The fourth-order valence-corrected chi connectivity index (χ4v) is 2.02. The minimum absolute atomic E-state index is 0.512. The molecule has 0 bridgehead atoms. The fraction of sp³-hybridized carbons (Fsp3) is 0.692. The van der Waals surface area contributed by atoms with Gasteiger partial charge in [-0.2, -0.15) is 0 Å². The zero-order chi connectivity index (χ0) is 14.0. The van der Waals surface area contributed by atoms with Crippen molar-refractivity contribution in [1.29, 1.82) is 0 Å². The molecule has 0 N–H and O–H groups in total. The van der Waals surface area contributed by atoms with Gasteiger partial charge in [0.25, 0.3) is 0 Å². The number of aliphatic imine (C=N–C) groups is 2. The molecule has 0 aliphatic rings. The van der Waals surface area contributed by atoms with Gasteiger partial charge in [0.1, 0.15) is 18.9 Å². The molecular weight excluding hydrogens is 242 g/mol. The van der Waals surface area contributed by atoms with E-state index in [-0.39, 0.29) is 0 Å². The van der Waals surface area contributed by atoms with Gasteiger partial charge in [-0.1, -0.05) is 33.1 Å². The molecule has 0 aliphatic carbocycles. The summed E-state index contributed by atoms with van der Waals surface area (Å²) >= 11 is 0. The molecule has 0 saturated carbocycles. The number of rotatable bonds is 8. The van der Waals surface area contributed by atoms with Crippen LogP contribution in [-0.2, 0) is 4.74 Å². The van der Waals surface area contributed by atoms with Crippen LogP contribution in [0.2, 0.25) is 25.7 Å². The van der Waals surface area contributed by atoms with Crippen molar-refractivity contribution in [2.45, 2.75) is 39.0 Å². The highest BCUT2D eigenvalue weighted by Gasteiger charge is 2.12. The Morgan fingerprint density at radius 2 is 2.06 bits per heavy atom. The first-order chi connectivity index (χ1) is 8.44. The number of hydrogen-bond acceptors (Lipinski definition) is 2. The van der Waals surface area contributed by atoms with Gasteiger partial charge in [-0.25, -0.2) is 4.99 Å². The summed E-state index contributed by atoms with van der Waals surface area (Å²) in [4.78, 5) is 10.1. The second-order valence-electron chi connectivity index (χ2n) is 5.27. The summed E-state index contributed by atoms with van der Waals surface area (Å²) < 4.78 is 5.69. The van der Waals surface area contributed by atoms with Crippen LogP contribution in [-0.4, -0.2) is 45.5 Å². The van der Waals surface area contributed by atoms with Crippen LogP contribution >= 0.6 is 0 Å². The summed E-state index contributed by atoms with van der Waals surface area (Å²) in [5.41, 5.74) is 0. The third kappa shape index (κ3) is 8.19. The second-order valence-corrected chi connectivity index (χ2v) is 10.9. The van der Waals surface area contributed by atoms with Crippen molar-refractivity contribution >= 4 is 20.2 Å². The van der Waals surface area contributed by atoms with Gasteiger partial charge in [-0.3, -0.25) is 4.99 Å². The van der Waals surface area contributed by atoms with Crippen molar-refractivity contribution in [3.05, 3.63) is 12.8 Å². The van der Waals surface area contributed by atoms with Gasteiger partial charge in [-0.15, -0.1) is 0 Å². The van der Waals surface area contributed by atoms with Crippen LogP contribution < -0.4 is 0 Å². The van der Waals surface area contributed by atoms with E-state index in [2.05, 4.69) is 43.1 Å². The average Bonchev–Trinajstić information content (AvgIpc) is 2.31. The number of amidine groups is 1. The summed E-state index contributed by atoms with van der Waals surface area (Å²) in [5, 5.41) is 0. The molecule has 4 nitrogen and oxygen atoms in total. The number of hydrogen-bond donors (Lipinski definition) is 0. The van der Waals surface area contributed by atoms with Crippen LogP contribution in [0.1, 0.15) is 13.3 Å². The standard InChI is InChI=1S/C13H27N3OSi/c1-7-13(15-11-14-3)16(8-2)12-17-9-10-18(4,5)6/h8,11H,2,7,9-10,12H2,1,3-6H3. The minimum Gasteiger partial charge on any atom is -0.361 e. The molecule has 0 aromatic heterocycles. The highest BCUT2D eigenvalue weighted by atomic mass is 28.3. The molecule has 0 aliphatic heterocycles. The lowest BCUT2D eigenvalue weighted by Crippen LogP contribution is -2.29. The van der Waals surface area contributed by atoms with E-state index in [0.717, 1.165) is 18.9 Å². The molecule has 18 heavy (non-hydrogen) atoms. The van der Waals surface area contributed by atoms with Crippen LogP contribution in [0.15, 0.2) is 22.8 Å². The lowest BCUT2D eigenvalue weighted by molar-refractivity contribution is 0.0928. The Labute approximate surface area is 112 Å². The van der Waals surface area contributed by atoms with Crippen LogP contribution in [0, 0.1) is 0 Å². The Hall–Kier alpha value is -0.943. The average molecular weight is 269 g/mol. The van der Waals surface area contributed by atoms with E-state index in [4.69, 9.17) is 4.74 Å². The summed E-state index contributed by atoms with van der Waals surface area (Å²) in [7, 11) is 0.691. The molecule has 0 spiro atoms. The smallest absolute Gasteiger partial charge is 0.123 e. The molecular formula is C13H27N3OSi. The second kappa shape index (κ2) is 9.05. The van der Waals surface area contributed by atoms with E-state index >= 15 is 0 Å². The first-order valence-electron chi connectivity index (χ1n) is 6.39. The lowest BCUT2D eigenvalue weighted by Gasteiger charge is -2.22. The molecule has 0 aromatic rings. The molecule has 0 atom stereocenters. The zero-order valence-corrected chi connectivity index (χ0v) is 13.4. The van der Waals surface area contributed by atoms with E-state index in [1.807, 2.05) is 4.90 Å². The van der Waals surface area contributed by atoms with E-state index in [0.29, 0.717) is 6.73 Å². The normalized spacial score (nSPS) is 13.1. The van der Waals surface area contributed by atoms with Crippen LogP contribution in [0.3, 0.4) is 0 Å². The molecule has 0 rings (SSSR count). The van der Waals surface area contributed by atoms with Crippen molar-refractivity contribution in [2.75, 3.05) is 20.4 Å². The predicted octanol–water partition coefficient (Wildman–Crippen LogP) is 3.21. The van der Waals surface area contributed by atoms with Crippen molar-refractivity contribution in [3.8, 4) is 0 Å². The zero-order valence-electron chi connectivity index (χ0n) is 12.4. The van der Waals surface area contributed by atoms with E-state index in [9.17, 15) is 0 Å². The van der Waals surface area contributed by atoms with Gasteiger partial charge >= 0.3 is 0 Å². The van der Waals surface area contributed by atoms with Crippen LogP contribution in [0.25, 0.3) is 0 Å². The van der Waals surface area contributed by atoms with E-state index < -0.39 is 8.07 Å². The number of ether oxygens (including phenoxy) is 1. The van der Waals surface area contributed by atoms with Crippen molar-refractivity contribution in [2.24, 2.45) is 9.98 Å². The quantitative estimate of drug-likeness (QED) is 0.223. The molecule has 0 aromatic carbocycles. The first-order valence-corrected chi connectivity index (χ1v) is 10.1. The van der Waals surface area contributed by atoms with Gasteiger partial charge in [0.2, 0.25) is 0 Å². The maximum Gasteiger partial charge on any atom is 0.123 e. The fourth-order valence-electron chi connectivity index (χ4n) is 1.27. The van der Waals surface area contributed by atoms with Crippen molar-refractivity contribution in [1.82, 2.24) is 4.90 Å². The lowest BCUT2D eigenvalue weighted by atomic mass is 10.4. The third-order valence-corrected chi connectivity index (χ3v) is 4.12. The highest BCUT2D eigenvalue weighted by molar-refractivity contribution is 6.76. The molecule has 0 amide bonds. The van der Waals surface area contributed by atoms with Gasteiger partial charge in [0, 0.05) is 34.3 Å². The predicted molar refractivity (Wildman–Crippen MR) is 83.2 cm³/mol. The molecule has 0 unspecified atom stereocenters. The summed E-state index contributed by atoms with van der Waals surface area (Å²) in [6.07, 6.45) is 4.13. The van der Waals surface area contributed by atoms with Gasteiger partial charge < -0.3 is 9.64 Å². The Bertz CT molecular complexity index is 295. The third-order valence-electron chi connectivity index (χ3n) is 2.42. The van der Waals surface area contributed by atoms with E-state index in [1.54, 1.807) is 19.6 Å². The molecule has 104 valence electrons. The molecule has 5 heteroatoms. The summed E-state index contributed by atoms with van der Waals surface area (Å²) in [6.45, 7) is 14.2. The van der Waals surface area contributed by atoms with Gasteiger partial charge in [0.05, 0.1) is 0 Å². The summed E-state index contributed by atoms with van der Waals surface area (Å²) in [5.74, 6) is 0.920. The first kappa shape index (κ1) is 17.1. The molecule has 0 saturated heterocycles. The monoisotopic (exact) mass is 269 g/mol. The Morgan fingerprint density at radius 3 is 2.50 bits per heavy atom. The molecule has 0 fully saturated rings. The highest BCUT2D eigenvalue weighted by Crippen LogP contribution is 2.08. The van der Waals surface area contributed by atoms with Crippen LogP contribution in [0.4, 0.5) is 0 Å². The van der Waals surface area contributed by atoms with Crippen molar-refractivity contribution in [3.63, 3.8) is 0 Å². The van der Waals surface area contributed by atoms with Gasteiger partial charge in [-0.05, 0) is 6.04 Å². The van der Waals surface area contributed by atoms with Gasteiger partial charge in [0.15, 0.2) is 0 Å². The number of nitrogens with zero attached hydrogens (tertiary/aromatic N) is 3. The maximum absolute atomic E-state index is 5.69. The van der Waals surface area contributed by atoms with Crippen molar-refractivity contribution < 1.29 is 4.74 Å². The van der Waals surface area contributed by atoms with Crippen LogP contribution in [0.5, 0.6) is 0 Å². The largest absolute Gasteiger partial charge is 0.361 e. The Morgan fingerprint density at radius 1 is 1.39 bits per heavy atom. The topological polar surface area (TPSA) is 37.2 Å². The molecule has 0 heterocycles. The SMILES string of the molecule is C=CN(COCC[Si](C)(C)C)C(CC)=NC=NC. The van der Waals surface area contributed by atoms with E-state index in [1.165, 1.54) is 6.04 Å².